The van der Waals surface area contributed by atoms with Crippen molar-refractivity contribution in [3.05, 3.63) is 22.8 Å². The summed E-state index contributed by atoms with van der Waals surface area (Å²) in [4.78, 5) is 21.2. The molecule has 0 amide bonds. The van der Waals surface area contributed by atoms with Gasteiger partial charge in [0.05, 0.1) is 5.41 Å². The third-order valence-electron chi connectivity index (χ3n) is 2.37. The zero-order valence-corrected chi connectivity index (χ0v) is 11.8. The maximum Gasteiger partial charge on any atom is 0.311 e. The van der Waals surface area contributed by atoms with Gasteiger partial charge in [0, 0.05) is 6.20 Å². The smallest absolute Gasteiger partial charge is 0.311 e. The minimum atomic E-state index is -0.481. The molecule has 2 aromatic rings. The largest absolute Gasteiger partial charge is 0.458 e. The van der Waals surface area contributed by atoms with E-state index in [1.54, 1.807) is 0 Å². The molecule has 0 unspecified atom stereocenters. The first-order valence-electron chi connectivity index (χ1n) is 5.75. The third kappa shape index (κ3) is 2.85. The zero-order valence-electron chi connectivity index (χ0n) is 11.0. The molecule has 96 valence electrons. The van der Waals surface area contributed by atoms with Gasteiger partial charge in [0.15, 0.2) is 0 Å². The molecule has 5 heteroatoms. The van der Waals surface area contributed by atoms with Crippen LogP contribution in [0.3, 0.4) is 0 Å². The molecule has 2 heterocycles. The number of carbonyl (C=O) groups excluding carboxylic acids is 1. The molecule has 0 aromatic carbocycles. The Hall–Kier alpha value is -1.49. The minimum Gasteiger partial charge on any atom is -0.458 e. The van der Waals surface area contributed by atoms with Crippen molar-refractivity contribution in [1.82, 2.24) is 9.97 Å². The quantitative estimate of drug-likeness (QED) is 0.782. The van der Waals surface area contributed by atoms with Crippen LogP contribution in [0.15, 0.2) is 12.3 Å². The molecule has 0 radical (unpaired) electrons. The van der Waals surface area contributed by atoms with E-state index >= 15 is 0 Å². The molecule has 2 aromatic heterocycles. The van der Waals surface area contributed by atoms with Gasteiger partial charge in [-0.2, -0.15) is 0 Å². The van der Waals surface area contributed by atoms with Crippen LogP contribution in [-0.4, -0.2) is 15.9 Å². The van der Waals surface area contributed by atoms with Crippen LogP contribution in [0.2, 0.25) is 0 Å². The van der Waals surface area contributed by atoms with E-state index in [0.717, 1.165) is 20.9 Å². The van der Waals surface area contributed by atoms with Crippen LogP contribution >= 0.6 is 11.3 Å². The molecular weight excluding hydrogens is 248 g/mol. The van der Waals surface area contributed by atoms with Crippen LogP contribution in [0.5, 0.6) is 0 Å². The Morgan fingerprint density at radius 2 is 2.17 bits per heavy atom. The molecule has 0 saturated heterocycles. The number of carbonyl (C=O) groups is 1. The summed E-state index contributed by atoms with van der Waals surface area (Å²) in [5.74, 6) is -0.217. The molecule has 0 aliphatic rings. The molecule has 4 nitrogen and oxygen atoms in total. The average Bonchev–Trinajstić information content (AvgIpc) is 2.66. The lowest BCUT2D eigenvalue weighted by molar-refractivity contribution is -0.154. The molecule has 0 bridgehead atoms. The SMILES string of the molecule is Cc1cnc2sc(COC(=O)C(C)(C)C)nc2c1. The second-order valence-electron chi connectivity index (χ2n) is 5.27. The molecule has 0 aliphatic heterocycles. The topological polar surface area (TPSA) is 52.1 Å². The van der Waals surface area contributed by atoms with Crippen LogP contribution < -0.4 is 0 Å². The van der Waals surface area contributed by atoms with Gasteiger partial charge in [0.1, 0.15) is 22.0 Å². The van der Waals surface area contributed by atoms with E-state index in [2.05, 4.69) is 9.97 Å². The summed E-state index contributed by atoms with van der Waals surface area (Å²) < 4.78 is 5.23. The van der Waals surface area contributed by atoms with Crippen LogP contribution in [-0.2, 0) is 16.1 Å². The second-order valence-corrected chi connectivity index (χ2v) is 6.33. The van der Waals surface area contributed by atoms with Crippen molar-refractivity contribution >= 4 is 27.7 Å². The number of nitrogens with zero attached hydrogens (tertiary/aromatic N) is 2. The van der Waals surface area contributed by atoms with E-state index in [0.29, 0.717) is 0 Å². The lowest BCUT2D eigenvalue weighted by Gasteiger charge is -2.15. The molecule has 0 atom stereocenters. The molecule has 0 spiro atoms. The Bertz CT molecular complexity index is 584. The van der Waals surface area contributed by atoms with Crippen LogP contribution in [0, 0.1) is 12.3 Å². The Balaban J connectivity index is 2.11. The Kier molecular flexibility index (Phi) is 3.34. The highest BCUT2D eigenvalue weighted by Gasteiger charge is 2.23. The molecule has 2 rings (SSSR count). The van der Waals surface area contributed by atoms with Crippen molar-refractivity contribution in [3.8, 4) is 0 Å². The van der Waals surface area contributed by atoms with Gasteiger partial charge in [-0.1, -0.05) is 11.3 Å². The number of fused-ring (bicyclic) bond motifs is 1. The molecule has 0 saturated carbocycles. The number of aryl methyl sites for hydroxylation is 1. The average molecular weight is 264 g/mol. The normalized spacial score (nSPS) is 11.8. The summed E-state index contributed by atoms with van der Waals surface area (Å²) >= 11 is 1.46. The van der Waals surface area contributed by atoms with Gasteiger partial charge in [-0.25, -0.2) is 9.97 Å². The van der Waals surface area contributed by atoms with Gasteiger partial charge in [-0.3, -0.25) is 4.79 Å². The fraction of sp³-hybridized carbons (Fsp3) is 0.462. The molecular formula is C13H16N2O2S. The molecule has 18 heavy (non-hydrogen) atoms. The van der Waals surface area contributed by atoms with E-state index in [1.165, 1.54) is 11.3 Å². The number of esters is 1. The van der Waals surface area contributed by atoms with Crippen LogP contribution in [0.4, 0.5) is 0 Å². The summed E-state index contributed by atoms with van der Waals surface area (Å²) in [6.07, 6.45) is 1.81. The van der Waals surface area contributed by atoms with Crippen molar-refractivity contribution in [2.45, 2.75) is 34.3 Å². The predicted octanol–water partition coefficient (Wildman–Crippen LogP) is 3.09. The van der Waals surface area contributed by atoms with Crippen LogP contribution in [0.1, 0.15) is 31.3 Å². The van der Waals surface area contributed by atoms with E-state index in [-0.39, 0.29) is 12.6 Å². The number of hydrogen-bond donors (Lipinski definition) is 0. The molecule has 0 aliphatic carbocycles. The van der Waals surface area contributed by atoms with E-state index in [9.17, 15) is 4.79 Å². The summed E-state index contributed by atoms with van der Waals surface area (Å²) in [5.41, 5.74) is 1.46. The van der Waals surface area contributed by atoms with Gasteiger partial charge in [0.25, 0.3) is 0 Å². The van der Waals surface area contributed by atoms with Gasteiger partial charge >= 0.3 is 5.97 Å². The van der Waals surface area contributed by atoms with Gasteiger partial charge in [0.2, 0.25) is 0 Å². The van der Waals surface area contributed by atoms with E-state index in [1.807, 2.05) is 40.0 Å². The Morgan fingerprint density at radius 1 is 1.44 bits per heavy atom. The van der Waals surface area contributed by atoms with Crippen molar-refractivity contribution in [1.29, 1.82) is 0 Å². The fourth-order valence-corrected chi connectivity index (χ4v) is 2.17. The first-order chi connectivity index (χ1) is 8.36. The highest BCUT2D eigenvalue weighted by Crippen LogP contribution is 2.22. The zero-order chi connectivity index (χ0) is 13.3. The summed E-state index contributed by atoms with van der Waals surface area (Å²) in [7, 11) is 0. The monoisotopic (exact) mass is 264 g/mol. The number of hydrogen-bond acceptors (Lipinski definition) is 5. The van der Waals surface area contributed by atoms with E-state index < -0.39 is 5.41 Å². The highest BCUT2D eigenvalue weighted by atomic mass is 32.1. The van der Waals surface area contributed by atoms with Gasteiger partial charge in [-0.15, -0.1) is 0 Å². The first kappa shape index (κ1) is 13.0. The summed E-state index contributed by atoms with van der Waals surface area (Å²) in [6.45, 7) is 7.69. The van der Waals surface area contributed by atoms with E-state index in [4.69, 9.17) is 4.74 Å². The summed E-state index contributed by atoms with van der Waals surface area (Å²) in [5, 5.41) is 0.778. The number of aromatic nitrogens is 2. The molecule has 0 N–H and O–H groups in total. The Labute approximate surface area is 110 Å². The maximum atomic E-state index is 11.6. The lowest BCUT2D eigenvalue weighted by Crippen LogP contribution is -2.22. The summed E-state index contributed by atoms with van der Waals surface area (Å²) in [6, 6.07) is 1.98. The second kappa shape index (κ2) is 4.65. The first-order valence-corrected chi connectivity index (χ1v) is 6.57. The van der Waals surface area contributed by atoms with Crippen molar-refractivity contribution in [2.75, 3.05) is 0 Å². The van der Waals surface area contributed by atoms with Crippen LogP contribution in [0.25, 0.3) is 10.3 Å². The van der Waals surface area contributed by atoms with Crippen molar-refractivity contribution < 1.29 is 9.53 Å². The Morgan fingerprint density at radius 3 is 2.83 bits per heavy atom. The third-order valence-corrected chi connectivity index (χ3v) is 3.32. The predicted molar refractivity (Wildman–Crippen MR) is 71.4 cm³/mol. The number of pyridine rings is 1. The van der Waals surface area contributed by atoms with Crippen molar-refractivity contribution in [3.63, 3.8) is 0 Å². The molecule has 0 fully saturated rings. The number of ether oxygens (including phenoxy) is 1. The lowest BCUT2D eigenvalue weighted by atomic mass is 9.97. The maximum absolute atomic E-state index is 11.6. The van der Waals surface area contributed by atoms with Gasteiger partial charge < -0.3 is 4.74 Å². The fourth-order valence-electron chi connectivity index (χ4n) is 1.37. The standard InChI is InChI=1S/C13H16N2O2S/c1-8-5-9-11(14-6-8)18-10(15-9)7-17-12(16)13(2,3)4/h5-6H,7H2,1-4H3. The number of thiazole rings is 1. The van der Waals surface area contributed by atoms with Gasteiger partial charge in [-0.05, 0) is 39.3 Å². The number of rotatable bonds is 2. The highest BCUT2D eigenvalue weighted by molar-refractivity contribution is 7.18. The minimum absolute atomic E-state index is 0.217. The van der Waals surface area contributed by atoms with Crippen molar-refractivity contribution in [2.24, 2.45) is 5.41 Å².